The van der Waals surface area contributed by atoms with E-state index in [4.69, 9.17) is 4.74 Å². The molecule has 0 saturated carbocycles. The zero-order valence-electron chi connectivity index (χ0n) is 11.6. The van der Waals surface area contributed by atoms with Crippen LogP contribution in [0.25, 0.3) is 0 Å². The van der Waals surface area contributed by atoms with Gasteiger partial charge in [-0.25, -0.2) is 13.1 Å². The molecule has 0 heterocycles. The summed E-state index contributed by atoms with van der Waals surface area (Å²) in [6.45, 7) is 0.674. The molecule has 0 bridgehead atoms. The highest BCUT2D eigenvalue weighted by molar-refractivity contribution is 14.1. The largest absolute Gasteiger partial charge is 0.496 e. The molecule has 0 unspecified atom stereocenters. The number of ether oxygens (including phenoxy) is 1. The Morgan fingerprint density at radius 2 is 1.86 bits per heavy atom. The molecule has 2 N–H and O–H groups in total. The van der Waals surface area contributed by atoms with Gasteiger partial charge in [0.05, 0.1) is 18.9 Å². The molecule has 21 heavy (non-hydrogen) atoms. The van der Waals surface area contributed by atoms with Gasteiger partial charge in [0.15, 0.2) is 0 Å². The lowest BCUT2D eigenvalue weighted by Gasteiger charge is -2.11. The average molecular weight is 538 g/mol. The topological polar surface area (TPSA) is 84.5 Å². The van der Waals surface area contributed by atoms with E-state index in [0.29, 0.717) is 30.8 Å². The molecule has 0 aliphatic carbocycles. The summed E-state index contributed by atoms with van der Waals surface area (Å²) in [5.74, 6) is 0.284. The Balaban J connectivity index is 2.58. The summed E-state index contributed by atoms with van der Waals surface area (Å²) in [6.07, 6.45) is 1.62. The number of nitrogens with one attached hydrogen (secondary N) is 2. The van der Waals surface area contributed by atoms with Crippen LogP contribution >= 0.6 is 45.2 Å². The van der Waals surface area contributed by atoms with E-state index in [1.54, 1.807) is 6.07 Å². The summed E-state index contributed by atoms with van der Waals surface area (Å²) in [6, 6.07) is 3.58. The van der Waals surface area contributed by atoms with Crippen LogP contribution in [0.1, 0.15) is 16.8 Å². The van der Waals surface area contributed by atoms with Crippen molar-refractivity contribution in [2.24, 2.45) is 0 Å². The normalized spacial score (nSPS) is 11.2. The first-order valence-corrected chi connectivity index (χ1v) is 10.1. The van der Waals surface area contributed by atoms with Crippen molar-refractivity contribution in [2.45, 2.75) is 6.42 Å². The number of hydrogen-bond donors (Lipinski definition) is 2. The molecule has 0 atom stereocenters. The molecule has 1 aromatic rings. The summed E-state index contributed by atoms with van der Waals surface area (Å²) in [5, 5.41) is 2.75. The number of carbonyl (C=O) groups is 1. The fraction of sp³-hybridized carbons (Fsp3) is 0.417. The lowest BCUT2D eigenvalue weighted by molar-refractivity contribution is 0.0950. The first kappa shape index (κ1) is 18.9. The zero-order valence-corrected chi connectivity index (χ0v) is 16.7. The van der Waals surface area contributed by atoms with Crippen LogP contribution in [0.3, 0.4) is 0 Å². The maximum Gasteiger partial charge on any atom is 0.255 e. The third-order valence-electron chi connectivity index (χ3n) is 2.49. The first-order chi connectivity index (χ1) is 9.74. The number of amides is 1. The van der Waals surface area contributed by atoms with Gasteiger partial charge in [-0.1, -0.05) is 0 Å². The van der Waals surface area contributed by atoms with Crippen LogP contribution in [0.15, 0.2) is 12.1 Å². The van der Waals surface area contributed by atoms with Crippen molar-refractivity contribution in [2.75, 3.05) is 26.5 Å². The molecule has 0 aliphatic rings. The maximum absolute atomic E-state index is 12.1. The number of hydrogen-bond acceptors (Lipinski definition) is 4. The van der Waals surface area contributed by atoms with Crippen LogP contribution in [0.2, 0.25) is 0 Å². The molecular formula is C12H16I2N2O4S. The van der Waals surface area contributed by atoms with Crippen molar-refractivity contribution in [3.05, 3.63) is 24.8 Å². The third kappa shape index (κ3) is 6.65. The average Bonchev–Trinajstić information content (AvgIpc) is 2.39. The fourth-order valence-corrected chi connectivity index (χ4v) is 2.94. The van der Waals surface area contributed by atoms with Crippen LogP contribution in [0.5, 0.6) is 5.75 Å². The SMILES string of the molecule is COc1cc(I)c(I)cc1C(=O)NCCCNS(C)(=O)=O. The number of benzene rings is 1. The Morgan fingerprint density at radius 3 is 2.43 bits per heavy atom. The lowest BCUT2D eigenvalue weighted by Crippen LogP contribution is -2.29. The van der Waals surface area contributed by atoms with E-state index >= 15 is 0 Å². The Labute approximate surface area is 151 Å². The highest BCUT2D eigenvalue weighted by Gasteiger charge is 2.14. The zero-order chi connectivity index (χ0) is 16.0. The van der Waals surface area contributed by atoms with Crippen molar-refractivity contribution in [3.63, 3.8) is 0 Å². The van der Waals surface area contributed by atoms with Gasteiger partial charge in [0.25, 0.3) is 5.91 Å². The van der Waals surface area contributed by atoms with Gasteiger partial charge in [0, 0.05) is 20.2 Å². The monoisotopic (exact) mass is 538 g/mol. The molecule has 0 saturated heterocycles. The van der Waals surface area contributed by atoms with Crippen molar-refractivity contribution in [1.82, 2.24) is 10.0 Å². The van der Waals surface area contributed by atoms with Crippen LogP contribution in [0.4, 0.5) is 0 Å². The molecule has 0 radical (unpaired) electrons. The van der Waals surface area contributed by atoms with Crippen LogP contribution < -0.4 is 14.8 Å². The highest BCUT2D eigenvalue weighted by Crippen LogP contribution is 2.26. The second-order valence-corrected chi connectivity index (χ2v) is 8.40. The van der Waals surface area contributed by atoms with Gasteiger partial charge < -0.3 is 10.1 Å². The minimum atomic E-state index is -3.18. The number of halogens is 2. The van der Waals surface area contributed by atoms with Crippen LogP contribution in [-0.2, 0) is 10.0 Å². The van der Waals surface area contributed by atoms with Gasteiger partial charge in [0.1, 0.15) is 5.75 Å². The van der Waals surface area contributed by atoms with E-state index in [-0.39, 0.29) is 5.91 Å². The minimum Gasteiger partial charge on any atom is -0.496 e. The van der Waals surface area contributed by atoms with Gasteiger partial charge in [-0.3, -0.25) is 4.79 Å². The van der Waals surface area contributed by atoms with Gasteiger partial charge in [0.2, 0.25) is 10.0 Å². The minimum absolute atomic E-state index is 0.236. The maximum atomic E-state index is 12.1. The van der Waals surface area contributed by atoms with E-state index in [0.717, 1.165) is 13.4 Å². The summed E-state index contributed by atoms with van der Waals surface area (Å²) >= 11 is 4.33. The first-order valence-electron chi connectivity index (χ1n) is 6.00. The Bertz CT molecular complexity index is 620. The number of carbonyl (C=O) groups excluding carboxylic acids is 1. The van der Waals surface area contributed by atoms with Crippen molar-refractivity contribution >= 4 is 61.1 Å². The molecule has 0 aliphatic heterocycles. The van der Waals surface area contributed by atoms with E-state index in [2.05, 4.69) is 55.2 Å². The second-order valence-electron chi connectivity index (χ2n) is 4.24. The number of methoxy groups -OCH3 is 1. The number of sulfonamides is 1. The summed E-state index contributed by atoms with van der Waals surface area (Å²) in [5.41, 5.74) is 0.471. The standard InChI is InChI=1S/C12H16I2N2O4S/c1-20-11-7-10(14)9(13)6-8(11)12(17)15-4-3-5-16-21(2,18)19/h6-7,16H,3-5H2,1-2H3,(H,15,17). The van der Waals surface area contributed by atoms with E-state index < -0.39 is 10.0 Å². The second kappa shape index (κ2) is 8.48. The number of rotatable bonds is 7. The molecule has 1 aromatic carbocycles. The predicted molar refractivity (Wildman–Crippen MR) is 98.2 cm³/mol. The molecule has 118 valence electrons. The Morgan fingerprint density at radius 1 is 1.24 bits per heavy atom. The smallest absolute Gasteiger partial charge is 0.255 e. The molecule has 0 fully saturated rings. The molecular weight excluding hydrogens is 522 g/mol. The summed E-state index contributed by atoms with van der Waals surface area (Å²) in [4.78, 5) is 12.1. The van der Waals surface area contributed by atoms with E-state index in [9.17, 15) is 13.2 Å². The predicted octanol–water partition coefficient (Wildman–Crippen LogP) is 1.57. The lowest BCUT2D eigenvalue weighted by atomic mass is 10.2. The van der Waals surface area contributed by atoms with E-state index in [1.165, 1.54) is 7.11 Å². The Kier molecular flexibility index (Phi) is 7.64. The van der Waals surface area contributed by atoms with E-state index in [1.807, 2.05) is 6.07 Å². The van der Waals surface area contributed by atoms with Gasteiger partial charge in [-0.2, -0.15) is 0 Å². The van der Waals surface area contributed by atoms with Crippen LogP contribution in [-0.4, -0.2) is 40.8 Å². The molecule has 9 heteroatoms. The van der Waals surface area contributed by atoms with Crippen LogP contribution in [0, 0.1) is 7.14 Å². The summed E-state index contributed by atoms with van der Waals surface area (Å²) in [7, 11) is -1.66. The van der Waals surface area contributed by atoms with Gasteiger partial charge in [-0.05, 0) is 63.7 Å². The molecule has 6 nitrogen and oxygen atoms in total. The third-order valence-corrected chi connectivity index (χ3v) is 6.04. The quantitative estimate of drug-likeness (QED) is 0.408. The van der Waals surface area contributed by atoms with Crippen molar-refractivity contribution in [3.8, 4) is 5.75 Å². The molecule has 0 spiro atoms. The highest BCUT2D eigenvalue weighted by atomic mass is 127. The Hall–Kier alpha value is -0.140. The molecule has 1 rings (SSSR count). The van der Waals surface area contributed by atoms with Crippen molar-refractivity contribution in [1.29, 1.82) is 0 Å². The fourth-order valence-electron chi connectivity index (χ4n) is 1.52. The summed E-state index contributed by atoms with van der Waals surface area (Å²) < 4.78 is 31.3. The molecule has 1 amide bonds. The van der Waals surface area contributed by atoms with Gasteiger partial charge >= 0.3 is 0 Å². The molecule has 0 aromatic heterocycles. The van der Waals surface area contributed by atoms with Crippen molar-refractivity contribution < 1.29 is 17.9 Å². The van der Waals surface area contributed by atoms with Gasteiger partial charge in [-0.15, -0.1) is 0 Å².